The summed E-state index contributed by atoms with van der Waals surface area (Å²) in [6, 6.07) is 15.2. The Hall–Kier alpha value is -2.22. The predicted octanol–water partition coefficient (Wildman–Crippen LogP) is 3.53. The van der Waals surface area contributed by atoms with Gasteiger partial charge < -0.3 is 4.74 Å². The van der Waals surface area contributed by atoms with Gasteiger partial charge >= 0.3 is 0 Å². The minimum absolute atomic E-state index is 0.140. The molecule has 3 rings (SSSR count). The van der Waals surface area contributed by atoms with Crippen molar-refractivity contribution in [2.75, 3.05) is 7.11 Å². The van der Waals surface area contributed by atoms with Gasteiger partial charge in [0.1, 0.15) is 15.7 Å². The Morgan fingerprint density at radius 3 is 2.65 bits per heavy atom. The van der Waals surface area contributed by atoms with E-state index in [2.05, 4.69) is 21.8 Å². The summed E-state index contributed by atoms with van der Waals surface area (Å²) in [5, 5.41) is 0.728. The summed E-state index contributed by atoms with van der Waals surface area (Å²) in [6.07, 6.45) is 2.59. The summed E-state index contributed by atoms with van der Waals surface area (Å²) < 4.78 is 33.0. The highest BCUT2D eigenvalue weighted by Gasteiger charge is 2.20. The molecule has 7 heteroatoms. The lowest BCUT2D eigenvalue weighted by molar-refractivity contribution is 0.402. The number of hydrogen-bond acceptors (Lipinski definition) is 5. The first-order chi connectivity index (χ1) is 12.5. The molecule has 1 N–H and O–H groups in total. The summed E-state index contributed by atoms with van der Waals surface area (Å²) in [6.45, 7) is 1.99. The van der Waals surface area contributed by atoms with E-state index in [0.29, 0.717) is 5.75 Å². The summed E-state index contributed by atoms with van der Waals surface area (Å²) >= 11 is 1.51. The zero-order chi connectivity index (χ0) is 18.6. The molecule has 1 heterocycles. The van der Waals surface area contributed by atoms with Gasteiger partial charge in [-0.2, -0.15) is 0 Å². The largest absolute Gasteiger partial charge is 0.495 e. The summed E-state index contributed by atoms with van der Waals surface area (Å²) in [5.41, 5.74) is 2.05. The van der Waals surface area contributed by atoms with Crippen molar-refractivity contribution < 1.29 is 13.2 Å². The monoisotopic (exact) mass is 388 g/mol. The molecule has 0 radical (unpaired) electrons. The fraction of sp³-hybridized carbons (Fsp3) is 0.211. The second kappa shape index (κ2) is 7.99. The molecule has 0 saturated heterocycles. The molecule has 0 fully saturated rings. The number of rotatable bonds is 7. The van der Waals surface area contributed by atoms with Crippen LogP contribution in [0.5, 0.6) is 5.75 Å². The maximum atomic E-state index is 12.6. The number of aryl methyl sites for hydroxylation is 1. The highest BCUT2D eigenvalue weighted by atomic mass is 32.2. The van der Waals surface area contributed by atoms with Crippen molar-refractivity contribution in [2.24, 2.45) is 0 Å². The van der Waals surface area contributed by atoms with Crippen LogP contribution in [0.3, 0.4) is 0 Å². The van der Waals surface area contributed by atoms with Crippen LogP contribution in [-0.2, 0) is 23.0 Å². The van der Waals surface area contributed by atoms with Gasteiger partial charge in [0.05, 0.1) is 13.7 Å². The van der Waals surface area contributed by atoms with Crippen LogP contribution in [0, 0.1) is 6.92 Å². The van der Waals surface area contributed by atoms with Gasteiger partial charge in [0.2, 0.25) is 10.0 Å². The number of aromatic nitrogens is 1. The van der Waals surface area contributed by atoms with Crippen molar-refractivity contribution in [3.05, 3.63) is 75.7 Å². The third-order valence-electron chi connectivity index (χ3n) is 3.84. The maximum absolute atomic E-state index is 12.6. The number of nitrogens with zero attached hydrogens (tertiary/aromatic N) is 1. The summed E-state index contributed by atoms with van der Waals surface area (Å²) in [5.74, 6) is 0.326. The number of ether oxygens (including phenoxy) is 1. The molecule has 3 aromatic rings. The number of benzene rings is 2. The lowest BCUT2D eigenvalue weighted by Crippen LogP contribution is -2.23. The second-order valence-electron chi connectivity index (χ2n) is 5.86. The second-order valence-corrected chi connectivity index (χ2v) is 8.80. The van der Waals surface area contributed by atoms with Gasteiger partial charge in [0, 0.05) is 17.5 Å². The van der Waals surface area contributed by atoms with Gasteiger partial charge in [-0.3, -0.25) is 0 Å². The number of thiazole rings is 1. The van der Waals surface area contributed by atoms with Crippen LogP contribution in [-0.4, -0.2) is 20.5 Å². The van der Waals surface area contributed by atoms with Crippen molar-refractivity contribution in [1.82, 2.24) is 9.71 Å². The van der Waals surface area contributed by atoms with Crippen LogP contribution in [0.4, 0.5) is 0 Å². The highest BCUT2D eigenvalue weighted by Crippen LogP contribution is 2.25. The van der Waals surface area contributed by atoms with Gasteiger partial charge in [-0.1, -0.05) is 36.4 Å². The van der Waals surface area contributed by atoms with E-state index >= 15 is 0 Å². The molecule has 0 aliphatic heterocycles. The summed E-state index contributed by atoms with van der Waals surface area (Å²) in [4.78, 5) is 5.57. The lowest BCUT2D eigenvalue weighted by Gasteiger charge is -2.10. The van der Waals surface area contributed by atoms with Gasteiger partial charge in [-0.25, -0.2) is 18.1 Å². The van der Waals surface area contributed by atoms with E-state index in [4.69, 9.17) is 4.74 Å². The molecule has 0 aliphatic rings. The number of methoxy groups -OCH3 is 1. The molecule has 0 bridgehead atoms. The standard InChI is InChI=1S/C19H20N2O3S2/c1-14-8-9-17(24-2)18(10-14)26(22,23)21-13-19-20-12-16(25-19)11-15-6-4-3-5-7-15/h3-10,12,21H,11,13H2,1-2H3. The van der Waals surface area contributed by atoms with E-state index in [1.165, 1.54) is 24.0 Å². The van der Waals surface area contributed by atoms with E-state index < -0.39 is 10.0 Å². The minimum Gasteiger partial charge on any atom is -0.495 e. The molecule has 1 aromatic heterocycles. The predicted molar refractivity (Wildman–Crippen MR) is 103 cm³/mol. The summed E-state index contributed by atoms with van der Waals surface area (Å²) in [7, 11) is -2.22. The van der Waals surface area contributed by atoms with Crippen LogP contribution in [0.1, 0.15) is 21.0 Å². The van der Waals surface area contributed by atoms with Crippen LogP contribution >= 0.6 is 11.3 Å². The highest BCUT2D eigenvalue weighted by molar-refractivity contribution is 7.89. The van der Waals surface area contributed by atoms with E-state index in [1.807, 2.05) is 31.2 Å². The van der Waals surface area contributed by atoms with Gasteiger partial charge in [-0.15, -0.1) is 11.3 Å². The van der Waals surface area contributed by atoms with Crippen LogP contribution in [0.15, 0.2) is 59.6 Å². The Balaban J connectivity index is 1.70. The molecule has 0 aliphatic carbocycles. The van der Waals surface area contributed by atoms with E-state index in [9.17, 15) is 8.42 Å². The molecule has 26 heavy (non-hydrogen) atoms. The first-order valence-corrected chi connectivity index (χ1v) is 10.4. The van der Waals surface area contributed by atoms with Crippen molar-refractivity contribution >= 4 is 21.4 Å². The van der Waals surface area contributed by atoms with Gasteiger partial charge in [0.25, 0.3) is 0 Å². The Bertz CT molecular complexity index is 983. The van der Waals surface area contributed by atoms with Gasteiger partial charge in [-0.05, 0) is 30.2 Å². The van der Waals surface area contributed by atoms with Gasteiger partial charge in [0.15, 0.2) is 0 Å². The maximum Gasteiger partial charge on any atom is 0.244 e. The average molecular weight is 389 g/mol. The third kappa shape index (κ3) is 4.49. The fourth-order valence-electron chi connectivity index (χ4n) is 2.54. The molecule has 0 unspecified atom stereocenters. The van der Waals surface area contributed by atoms with E-state index in [1.54, 1.807) is 18.3 Å². The Labute approximate surface area is 157 Å². The first kappa shape index (κ1) is 18.6. The average Bonchev–Trinajstić information content (AvgIpc) is 3.08. The zero-order valence-corrected chi connectivity index (χ0v) is 16.2. The lowest BCUT2D eigenvalue weighted by atomic mass is 10.1. The number of sulfonamides is 1. The van der Waals surface area contributed by atoms with Crippen molar-refractivity contribution in [1.29, 1.82) is 0 Å². The zero-order valence-electron chi connectivity index (χ0n) is 14.6. The normalized spacial score (nSPS) is 11.5. The topological polar surface area (TPSA) is 68.3 Å². The van der Waals surface area contributed by atoms with Crippen LogP contribution in [0.25, 0.3) is 0 Å². The third-order valence-corrected chi connectivity index (χ3v) is 6.26. The Morgan fingerprint density at radius 2 is 1.92 bits per heavy atom. The molecular weight excluding hydrogens is 368 g/mol. The van der Waals surface area contributed by atoms with E-state index in [-0.39, 0.29) is 11.4 Å². The fourth-order valence-corrected chi connectivity index (χ4v) is 4.76. The molecule has 0 amide bonds. The smallest absolute Gasteiger partial charge is 0.244 e. The number of hydrogen-bond donors (Lipinski definition) is 1. The van der Waals surface area contributed by atoms with E-state index in [0.717, 1.165) is 21.9 Å². The van der Waals surface area contributed by atoms with Crippen LogP contribution < -0.4 is 9.46 Å². The minimum atomic E-state index is -3.68. The molecule has 2 aromatic carbocycles. The molecule has 5 nitrogen and oxygen atoms in total. The molecule has 0 spiro atoms. The molecule has 0 atom stereocenters. The Kier molecular flexibility index (Phi) is 5.70. The SMILES string of the molecule is COc1ccc(C)cc1S(=O)(=O)NCc1ncc(Cc2ccccc2)s1. The molecule has 136 valence electrons. The quantitative estimate of drug-likeness (QED) is 0.672. The number of nitrogens with one attached hydrogen (secondary N) is 1. The molecular formula is C19H20N2O3S2. The van der Waals surface area contributed by atoms with Crippen molar-refractivity contribution in [2.45, 2.75) is 24.8 Å². The first-order valence-electron chi connectivity index (χ1n) is 8.10. The molecule has 0 saturated carbocycles. The van der Waals surface area contributed by atoms with Crippen molar-refractivity contribution in [3.8, 4) is 5.75 Å². The Morgan fingerprint density at radius 1 is 1.15 bits per heavy atom. The van der Waals surface area contributed by atoms with Crippen LogP contribution in [0.2, 0.25) is 0 Å². The van der Waals surface area contributed by atoms with Crippen molar-refractivity contribution in [3.63, 3.8) is 0 Å².